The second-order valence-electron chi connectivity index (χ2n) is 7.72. The van der Waals surface area contributed by atoms with Gasteiger partial charge in [0.05, 0.1) is 23.2 Å². The van der Waals surface area contributed by atoms with Crippen LogP contribution in [0.3, 0.4) is 0 Å². The Bertz CT molecular complexity index is 671. The van der Waals surface area contributed by atoms with Crippen molar-refractivity contribution in [2.24, 2.45) is 16.6 Å². The Morgan fingerprint density at radius 2 is 2.00 bits per heavy atom. The normalized spacial score (nSPS) is 26.8. The molecule has 0 aromatic heterocycles. The van der Waals surface area contributed by atoms with E-state index in [9.17, 15) is 8.42 Å². The van der Waals surface area contributed by atoms with E-state index in [-0.39, 0.29) is 5.75 Å². The third-order valence-corrected chi connectivity index (χ3v) is 6.62. The lowest BCUT2D eigenvalue weighted by atomic mass is 9.85. The average Bonchev–Trinajstić information content (AvgIpc) is 2.61. The number of allylic oxidation sites excluding steroid dienone is 2. The van der Waals surface area contributed by atoms with E-state index >= 15 is 0 Å². The van der Waals surface area contributed by atoms with Gasteiger partial charge in [0.15, 0.2) is 0 Å². The summed E-state index contributed by atoms with van der Waals surface area (Å²) in [5, 5.41) is 0. The molecule has 1 atom stereocenters. The van der Waals surface area contributed by atoms with Crippen LogP contribution in [0.4, 0.5) is 0 Å². The average molecular weight is 366 g/mol. The molecule has 6 heteroatoms. The van der Waals surface area contributed by atoms with E-state index < -0.39 is 9.84 Å². The van der Waals surface area contributed by atoms with Gasteiger partial charge in [0, 0.05) is 12.8 Å². The molecule has 0 radical (unpaired) electrons. The van der Waals surface area contributed by atoms with Gasteiger partial charge in [-0.1, -0.05) is 12.2 Å². The van der Waals surface area contributed by atoms with Gasteiger partial charge < -0.3 is 10.6 Å². The Labute approximate surface area is 152 Å². The van der Waals surface area contributed by atoms with Gasteiger partial charge in [-0.05, 0) is 69.5 Å². The molecule has 1 unspecified atom stereocenters. The molecule has 0 aromatic rings. The van der Waals surface area contributed by atoms with Gasteiger partial charge >= 0.3 is 0 Å². The molecule has 0 aromatic carbocycles. The van der Waals surface area contributed by atoms with Crippen LogP contribution in [0.25, 0.3) is 0 Å². The van der Waals surface area contributed by atoms with E-state index in [2.05, 4.69) is 17.1 Å². The molecule has 3 rings (SSSR count). The Balaban J connectivity index is 1.58. The maximum absolute atomic E-state index is 11.3. The van der Waals surface area contributed by atoms with Crippen molar-refractivity contribution in [2.75, 3.05) is 31.6 Å². The van der Waals surface area contributed by atoms with Crippen LogP contribution in [0.15, 0.2) is 28.4 Å². The molecule has 0 amide bonds. The van der Waals surface area contributed by atoms with Gasteiger partial charge in [0.1, 0.15) is 9.84 Å². The van der Waals surface area contributed by atoms with Gasteiger partial charge in [-0.2, -0.15) is 0 Å². The number of hydrogen-bond acceptors (Lipinski definition) is 5. The number of nitrogens with zero attached hydrogens (tertiary/aromatic N) is 2. The minimum Gasteiger partial charge on any atom is -0.397 e. The molecule has 140 valence electrons. The molecule has 0 spiro atoms. The van der Waals surface area contributed by atoms with Gasteiger partial charge in [-0.25, -0.2) is 8.42 Å². The number of aliphatic imine (C=N–C) groups is 1. The highest BCUT2D eigenvalue weighted by Gasteiger charge is 2.29. The van der Waals surface area contributed by atoms with Crippen molar-refractivity contribution >= 4 is 15.5 Å². The molecule has 2 heterocycles. The zero-order chi connectivity index (χ0) is 17.9. The quantitative estimate of drug-likeness (QED) is 0.811. The molecular formula is C19H31N3O2S. The SMILES string of the molecule is CS(=O)(=O)CCN1CCC(C2CC=C(N)C(C3=CCCCC3)=N2)CC1. The summed E-state index contributed by atoms with van der Waals surface area (Å²) in [6.07, 6.45) is 13.7. The van der Waals surface area contributed by atoms with Crippen LogP contribution in [0.2, 0.25) is 0 Å². The van der Waals surface area contributed by atoms with Crippen LogP contribution in [0, 0.1) is 5.92 Å². The fourth-order valence-electron chi connectivity index (χ4n) is 4.11. The van der Waals surface area contributed by atoms with Crippen LogP contribution < -0.4 is 5.73 Å². The molecule has 2 N–H and O–H groups in total. The summed E-state index contributed by atoms with van der Waals surface area (Å²) in [4.78, 5) is 7.34. The van der Waals surface area contributed by atoms with Crippen molar-refractivity contribution in [3.8, 4) is 0 Å². The monoisotopic (exact) mass is 365 g/mol. The van der Waals surface area contributed by atoms with E-state index in [1.54, 1.807) is 0 Å². The second kappa shape index (κ2) is 8.04. The Kier molecular flexibility index (Phi) is 6.00. The number of piperidine rings is 1. The number of nitrogens with two attached hydrogens (primary N) is 1. The van der Waals surface area contributed by atoms with Gasteiger partial charge in [0.2, 0.25) is 0 Å². The fourth-order valence-corrected chi connectivity index (χ4v) is 4.70. The minimum atomic E-state index is -2.87. The number of rotatable bonds is 5. The van der Waals surface area contributed by atoms with Crippen LogP contribution in [-0.4, -0.2) is 56.7 Å². The number of hydrogen-bond donors (Lipinski definition) is 1. The highest BCUT2D eigenvalue weighted by molar-refractivity contribution is 7.90. The van der Waals surface area contributed by atoms with Crippen molar-refractivity contribution in [3.63, 3.8) is 0 Å². The molecular weight excluding hydrogens is 334 g/mol. The van der Waals surface area contributed by atoms with Crippen molar-refractivity contribution in [1.29, 1.82) is 0 Å². The van der Waals surface area contributed by atoms with Gasteiger partial charge in [-0.3, -0.25) is 4.99 Å². The second-order valence-corrected chi connectivity index (χ2v) is 9.98. The Morgan fingerprint density at radius 3 is 2.64 bits per heavy atom. The number of dihydropyridines is 1. The first-order valence-corrected chi connectivity index (χ1v) is 11.6. The van der Waals surface area contributed by atoms with Gasteiger partial charge in [0.25, 0.3) is 0 Å². The molecule has 25 heavy (non-hydrogen) atoms. The highest BCUT2D eigenvalue weighted by Crippen LogP contribution is 2.30. The summed E-state index contributed by atoms with van der Waals surface area (Å²) >= 11 is 0. The molecule has 2 aliphatic heterocycles. The van der Waals surface area contributed by atoms with Crippen LogP contribution in [0.5, 0.6) is 0 Å². The molecule has 1 fully saturated rings. The number of sulfone groups is 1. The largest absolute Gasteiger partial charge is 0.397 e. The van der Waals surface area contributed by atoms with E-state index in [1.807, 2.05) is 0 Å². The lowest BCUT2D eigenvalue weighted by Crippen LogP contribution is -2.40. The minimum absolute atomic E-state index is 0.261. The zero-order valence-electron chi connectivity index (χ0n) is 15.3. The molecule has 0 saturated carbocycles. The molecule has 1 saturated heterocycles. The predicted octanol–water partition coefficient (Wildman–Crippen LogP) is 2.30. The Hall–Kier alpha value is -1.14. The summed E-state index contributed by atoms with van der Waals surface area (Å²) in [6, 6.07) is 0.335. The summed E-state index contributed by atoms with van der Waals surface area (Å²) in [5.74, 6) is 0.842. The third kappa shape index (κ3) is 5.17. The lowest BCUT2D eigenvalue weighted by molar-refractivity contribution is 0.177. The maximum Gasteiger partial charge on any atom is 0.148 e. The van der Waals surface area contributed by atoms with Crippen molar-refractivity contribution in [2.45, 2.75) is 51.0 Å². The first-order valence-electron chi connectivity index (χ1n) is 9.55. The van der Waals surface area contributed by atoms with Crippen LogP contribution in [0.1, 0.15) is 44.9 Å². The van der Waals surface area contributed by atoms with Crippen LogP contribution >= 0.6 is 0 Å². The predicted molar refractivity (Wildman–Crippen MR) is 104 cm³/mol. The first kappa shape index (κ1) is 18.6. The summed E-state index contributed by atoms with van der Waals surface area (Å²) in [6.45, 7) is 2.61. The van der Waals surface area contributed by atoms with E-state index in [0.717, 1.165) is 56.6 Å². The van der Waals surface area contributed by atoms with Crippen molar-refractivity contribution in [3.05, 3.63) is 23.4 Å². The van der Waals surface area contributed by atoms with Crippen molar-refractivity contribution in [1.82, 2.24) is 4.90 Å². The summed E-state index contributed by atoms with van der Waals surface area (Å²) in [7, 11) is -2.87. The highest BCUT2D eigenvalue weighted by atomic mass is 32.2. The summed E-state index contributed by atoms with van der Waals surface area (Å²) in [5.41, 5.74) is 9.48. The smallest absolute Gasteiger partial charge is 0.148 e. The third-order valence-electron chi connectivity index (χ3n) is 5.70. The van der Waals surface area contributed by atoms with Crippen LogP contribution in [-0.2, 0) is 9.84 Å². The zero-order valence-corrected chi connectivity index (χ0v) is 16.1. The summed E-state index contributed by atoms with van der Waals surface area (Å²) < 4.78 is 22.7. The number of likely N-dealkylation sites (tertiary alicyclic amines) is 1. The maximum atomic E-state index is 11.3. The first-order chi connectivity index (χ1) is 11.9. The standard InChI is InChI=1S/C19H31N3O2S/c1-25(23,24)14-13-22-11-9-15(10-12-22)18-8-7-17(20)19(21-18)16-5-3-2-4-6-16/h5,7,15,18H,2-4,6,8-14,20H2,1H3. The van der Waals surface area contributed by atoms with Gasteiger partial charge in [-0.15, -0.1) is 0 Å². The van der Waals surface area contributed by atoms with E-state index in [0.29, 0.717) is 18.5 Å². The molecule has 1 aliphatic carbocycles. The molecule has 3 aliphatic rings. The topological polar surface area (TPSA) is 75.8 Å². The molecule has 5 nitrogen and oxygen atoms in total. The fraction of sp³-hybridized carbons (Fsp3) is 0.737. The van der Waals surface area contributed by atoms with E-state index in [4.69, 9.17) is 10.7 Å². The van der Waals surface area contributed by atoms with E-state index in [1.165, 1.54) is 24.7 Å². The Morgan fingerprint density at radius 1 is 1.24 bits per heavy atom. The lowest BCUT2D eigenvalue weighted by Gasteiger charge is -2.36. The molecule has 0 bridgehead atoms. The van der Waals surface area contributed by atoms with Crippen molar-refractivity contribution < 1.29 is 8.42 Å².